The summed E-state index contributed by atoms with van der Waals surface area (Å²) in [5.74, 6) is -0.302. The molecule has 0 spiro atoms. The molecule has 1 aliphatic rings. The van der Waals surface area contributed by atoms with Gasteiger partial charge in [-0.25, -0.2) is 9.59 Å². The van der Waals surface area contributed by atoms with Gasteiger partial charge >= 0.3 is 12.0 Å². The minimum atomic E-state index is -0.559. The van der Waals surface area contributed by atoms with E-state index in [1.165, 1.54) is 7.11 Å². The molecule has 1 heterocycles. The fourth-order valence-corrected chi connectivity index (χ4v) is 2.41. The molecule has 3 atom stereocenters. The summed E-state index contributed by atoms with van der Waals surface area (Å²) in [7, 11) is 1.35. The summed E-state index contributed by atoms with van der Waals surface area (Å²) in [6, 6.07) is -0.469. The zero-order chi connectivity index (χ0) is 14.4. The monoisotopic (exact) mass is 270 g/mol. The Morgan fingerprint density at radius 1 is 1.42 bits per heavy atom. The number of carbonyl (C=O) groups excluding carboxylic acids is 2. The Hall–Kier alpha value is -1.26. The first-order valence-corrected chi connectivity index (χ1v) is 7.16. The highest BCUT2D eigenvalue weighted by molar-refractivity contribution is 5.84. The third-order valence-corrected chi connectivity index (χ3v) is 4.01. The molecule has 1 aliphatic heterocycles. The minimum Gasteiger partial charge on any atom is -0.467 e. The van der Waals surface area contributed by atoms with Crippen molar-refractivity contribution in [3.05, 3.63) is 0 Å². The molecule has 1 fully saturated rings. The lowest BCUT2D eigenvalue weighted by Gasteiger charge is -2.35. The normalized spacial score (nSPS) is 22.5. The average Bonchev–Trinajstić information content (AvgIpc) is 2.43. The highest BCUT2D eigenvalue weighted by atomic mass is 16.5. The van der Waals surface area contributed by atoms with Crippen molar-refractivity contribution >= 4 is 12.0 Å². The number of hydrogen-bond acceptors (Lipinski definition) is 3. The maximum Gasteiger partial charge on any atom is 0.328 e. The number of nitrogens with zero attached hydrogens (tertiary/aromatic N) is 1. The molecule has 0 radical (unpaired) electrons. The molecule has 5 nitrogen and oxygen atoms in total. The van der Waals surface area contributed by atoms with Crippen molar-refractivity contribution in [2.24, 2.45) is 5.92 Å². The van der Waals surface area contributed by atoms with Crippen molar-refractivity contribution in [2.75, 3.05) is 13.7 Å². The number of hydrogen-bond donors (Lipinski definition) is 1. The van der Waals surface area contributed by atoms with Crippen LogP contribution in [0, 0.1) is 5.92 Å². The molecular weight excluding hydrogens is 244 g/mol. The average molecular weight is 270 g/mol. The predicted octanol–water partition coefficient (Wildman–Crippen LogP) is 2.16. The number of ether oxygens (including phenoxy) is 1. The van der Waals surface area contributed by atoms with E-state index >= 15 is 0 Å². The van der Waals surface area contributed by atoms with Crippen LogP contribution in [-0.4, -0.2) is 42.6 Å². The second kappa shape index (κ2) is 7.36. The van der Waals surface area contributed by atoms with Gasteiger partial charge in [-0.3, -0.25) is 0 Å². The molecule has 110 valence electrons. The van der Waals surface area contributed by atoms with E-state index in [1.807, 2.05) is 18.7 Å². The second-order valence-electron chi connectivity index (χ2n) is 5.37. The molecular formula is C14H26N2O3. The summed E-state index contributed by atoms with van der Waals surface area (Å²) in [6.07, 6.45) is 4.04. The van der Waals surface area contributed by atoms with E-state index in [9.17, 15) is 9.59 Å². The van der Waals surface area contributed by atoms with Crippen LogP contribution in [0.1, 0.15) is 46.5 Å². The highest BCUT2D eigenvalue weighted by Gasteiger charge is 2.30. The Bertz CT molecular complexity index is 320. The van der Waals surface area contributed by atoms with Gasteiger partial charge in [0.1, 0.15) is 6.04 Å². The maximum absolute atomic E-state index is 12.3. The predicted molar refractivity (Wildman–Crippen MR) is 73.8 cm³/mol. The molecule has 0 aromatic carbocycles. The Labute approximate surface area is 115 Å². The molecule has 3 unspecified atom stereocenters. The molecule has 19 heavy (non-hydrogen) atoms. The topological polar surface area (TPSA) is 58.6 Å². The summed E-state index contributed by atoms with van der Waals surface area (Å²) in [5.41, 5.74) is 0. The molecule has 0 bridgehead atoms. The lowest BCUT2D eigenvalue weighted by atomic mass is 9.99. The maximum atomic E-state index is 12.3. The Balaban J connectivity index is 2.67. The standard InChI is InChI=1S/C14H26N2O3/c1-5-10(2)12(13(17)19-4)15-14(18)16-9-7-6-8-11(16)3/h10-12H,5-9H2,1-4H3,(H,15,18). The van der Waals surface area contributed by atoms with Gasteiger partial charge < -0.3 is 15.0 Å². The number of urea groups is 1. The number of amides is 2. The Kier molecular flexibility index (Phi) is 6.12. The Morgan fingerprint density at radius 3 is 2.63 bits per heavy atom. The van der Waals surface area contributed by atoms with Crippen LogP contribution >= 0.6 is 0 Å². The molecule has 0 aromatic heterocycles. The van der Waals surface area contributed by atoms with E-state index in [0.717, 1.165) is 32.2 Å². The summed E-state index contributed by atoms with van der Waals surface area (Å²) in [6.45, 7) is 6.76. The number of carbonyl (C=O) groups is 2. The third-order valence-electron chi connectivity index (χ3n) is 4.01. The van der Waals surface area contributed by atoms with Crippen molar-refractivity contribution in [1.82, 2.24) is 10.2 Å². The van der Waals surface area contributed by atoms with Crippen LogP contribution in [0.2, 0.25) is 0 Å². The quantitative estimate of drug-likeness (QED) is 0.796. The molecule has 1 N–H and O–H groups in total. The molecule has 0 saturated carbocycles. The van der Waals surface area contributed by atoms with E-state index in [-0.39, 0.29) is 24.0 Å². The van der Waals surface area contributed by atoms with E-state index in [2.05, 4.69) is 12.2 Å². The fraction of sp³-hybridized carbons (Fsp3) is 0.857. The number of nitrogens with one attached hydrogen (secondary N) is 1. The number of esters is 1. The van der Waals surface area contributed by atoms with Crippen molar-refractivity contribution in [1.29, 1.82) is 0 Å². The van der Waals surface area contributed by atoms with E-state index < -0.39 is 6.04 Å². The van der Waals surface area contributed by atoms with Crippen LogP contribution in [0.3, 0.4) is 0 Å². The Morgan fingerprint density at radius 2 is 2.11 bits per heavy atom. The zero-order valence-corrected chi connectivity index (χ0v) is 12.4. The third kappa shape index (κ3) is 4.11. The van der Waals surface area contributed by atoms with Crippen LogP contribution < -0.4 is 5.32 Å². The van der Waals surface area contributed by atoms with Crippen LogP contribution in [0.25, 0.3) is 0 Å². The summed E-state index contributed by atoms with van der Waals surface area (Å²) >= 11 is 0. The van der Waals surface area contributed by atoms with Gasteiger partial charge in [-0.2, -0.15) is 0 Å². The first-order valence-electron chi connectivity index (χ1n) is 7.16. The fourth-order valence-electron chi connectivity index (χ4n) is 2.41. The molecule has 1 rings (SSSR count). The van der Waals surface area contributed by atoms with Crippen molar-refractivity contribution in [3.63, 3.8) is 0 Å². The first-order chi connectivity index (χ1) is 9.01. The molecule has 0 aromatic rings. The molecule has 2 amide bonds. The van der Waals surface area contributed by atoms with Gasteiger partial charge in [-0.15, -0.1) is 0 Å². The van der Waals surface area contributed by atoms with Crippen molar-refractivity contribution < 1.29 is 14.3 Å². The van der Waals surface area contributed by atoms with Gasteiger partial charge in [0.25, 0.3) is 0 Å². The summed E-state index contributed by atoms with van der Waals surface area (Å²) < 4.78 is 4.78. The smallest absolute Gasteiger partial charge is 0.328 e. The van der Waals surface area contributed by atoms with Crippen molar-refractivity contribution in [3.8, 4) is 0 Å². The van der Waals surface area contributed by atoms with Crippen LogP contribution in [0.5, 0.6) is 0 Å². The minimum absolute atomic E-state index is 0.0662. The van der Waals surface area contributed by atoms with Crippen LogP contribution in [0.15, 0.2) is 0 Å². The van der Waals surface area contributed by atoms with Gasteiger partial charge in [-0.05, 0) is 32.1 Å². The largest absolute Gasteiger partial charge is 0.467 e. The highest BCUT2D eigenvalue weighted by Crippen LogP contribution is 2.17. The van der Waals surface area contributed by atoms with Gasteiger partial charge in [0.05, 0.1) is 7.11 Å². The van der Waals surface area contributed by atoms with Crippen molar-refractivity contribution in [2.45, 2.75) is 58.5 Å². The lowest BCUT2D eigenvalue weighted by molar-refractivity contribution is -0.144. The molecule has 5 heteroatoms. The van der Waals surface area contributed by atoms with E-state index in [1.54, 1.807) is 0 Å². The van der Waals surface area contributed by atoms with E-state index in [0.29, 0.717) is 0 Å². The summed E-state index contributed by atoms with van der Waals surface area (Å²) in [4.78, 5) is 25.8. The second-order valence-corrected chi connectivity index (χ2v) is 5.37. The van der Waals surface area contributed by atoms with Crippen LogP contribution in [-0.2, 0) is 9.53 Å². The summed E-state index contributed by atoms with van der Waals surface area (Å²) in [5, 5.41) is 2.83. The number of rotatable bonds is 4. The van der Waals surface area contributed by atoms with Crippen LogP contribution in [0.4, 0.5) is 4.79 Å². The zero-order valence-electron chi connectivity index (χ0n) is 12.4. The van der Waals surface area contributed by atoms with Gasteiger partial charge in [0, 0.05) is 12.6 Å². The van der Waals surface area contributed by atoms with Gasteiger partial charge in [-0.1, -0.05) is 20.3 Å². The first kappa shape index (κ1) is 15.8. The van der Waals surface area contributed by atoms with Gasteiger partial charge in [0.2, 0.25) is 0 Å². The number of likely N-dealkylation sites (tertiary alicyclic amines) is 1. The van der Waals surface area contributed by atoms with Gasteiger partial charge in [0.15, 0.2) is 0 Å². The lowest BCUT2D eigenvalue weighted by Crippen LogP contribution is -2.54. The number of piperidine rings is 1. The number of methoxy groups -OCH3 is 1. The van der Waals surface area contributed by atoms with E-state index in [4.69, 9.17) is 4.74 Å². The molecule has 1 saturated heterocycles. The molecule has 0 aliphatic carbocycles. The SMILES string of the molecule is CCC(C)C(NC(=O)N1CCCCC1C)C(=O)OC.